The second-order valence-corrected chi connectivity index (χ2v) is 17.6. The summed E-state index contributed by atoms with van der Waals surface area (Å²) in [4.78, 5) is 0. The van der Waals surface area contributed by atoms with Gasteiger partial charge >= 0.3 is 0 Å². The van der Waals surface area contributed by atoms with Gasteiger partial charge in [-0.3, -0.25) is 0 Å². The van der Waals surface area contributed by atoms with Gasteiger partial charge in [0, 0.05) is 49.6 Å². The fraction of sp³-hybridized carbons (Fsp3) is 0.0294. The maximum atomic E-state index is 2.53. The monoisotopic (exact) mass is 894 g/mol. The first-order valence-corrected chi connectivity index (χ1v) is 24.4. The lowest BCUT2D eigenvalue weighted by Gasteiger charge is -2.15. The Hall–Kier alpha value is -8.98. The van der Waals surface area contributed by atoms with Crippen LogP contribution in [0.5, 0.6) is 0 Å². The topological polar surface area (TPSA) is 9.86 Å². The van der Waals surface area contributed by atoms with Crippen molar-refractivity contribution in [2.24, 2.45) is 0 Å². The summed E-state index contributed by atoms with van der Waals surface area (Å²) in [5.74, 6) is 0. The zero-order chi connectivity index (χ0) is 47.0. The van der Waals surface area contributed by atoms with Gasteiger partial charge in [0.1, 0.15) is 0 Å². The summed E-state index contributed by atoms with van der Waals surface area (Å²) in [6, 6.07) is 97.5. The van der Waals surface area contributed by atoms with Gasteiger partial charge in [0.15, 0.2) is 0 Å². The van der Waals surface area contributed by atoms with E-state index in [2.05, 4.69) is 276 Å². The van der Waals surface area contributed by atoms with Crippen LogP contribution < -0.4 is 0 Å². The van der Waals surface area contributed by atoms with Crippen molar-refractivity contribution in [3.8, 4) is 78.1 Å². The van der Waals surface area contributed by atoms with Crippen LogP contribution in [-0.2, 0) is 0 Å². The molecule has 2 aromatic heterocycles. The summed E-state index contributed by atoms with van der Waals surface area (Å²) < 4.78 is 5.03. The Morgan fingerprint density at radius 2 is 0.600 bits per heavy atom. The molecule has 0 radical (unpaired) electrons. The molecule has 0 saturated carbocycles. The van der Waals surface area contributed by atoms with Gasteiger partial charge in [-0.05, 0) is 86.5 Å². The Labute approximate surface area is 409 Å². The van der Waals surface area contributed by atoms with E-state index in [0.717, 1.165) is 22.5 Å². The number of para-hydroxylation sites is 2. The third kappa shape index (κ3) is 7.21. The summed E-state index contributed by atoms with van der Waals surface area (Å²) in [5, 5.41) is 4.90. The molecule has 13 aromatic rings. The minimum absolute atomic E-state index is 1.12. The van der Waals surface area contributed by atoms with Crippen LogP contribution in [0.4, 0.5) is 0 Å². The van der Waals surface area contributed by atoms with Gasteiger partial charge in [-0.1, -0.05) is 244 Å². The molecular formula is C68H50N2. The third-order valence-corrected chi connectivity index (χ3v) is 13.7. The molecule has 13 rings (SSSR count). The molecule has 0 saturated heterocycles. The number of nitrogens with zero attached hydrogens (tertiary/aromatic N) is 2. The average Bonchev–Trinajstić information content (AvgIpc) is 3.99. The van der Waals surface area contributed by atoms with Crippen molar-refractivity contribution in [2.45, 2.75) is 13.8 Å². The lowest BCUT2D eigenvalue weighted by Crippen LogP contribution is -1.97. The van der Waals surface area contributed by atoms with Crippen LogP contribution in [0.15, 0.2) is 267 Å². The minimum Gasteiger partial charge on any atom is -0.309 e. The Kier molecular flexibility index (Phi) is 11.1. The average molecular weight is 895 g/mol. The lowest BCUT2D eigenvalue weighted by atomic mass is 9.93. The molecule has 0 aliphatic rings. The van der Waals surface area contributed by atoms with E-state index >= 15 is 0 Å². The van der Waals surface area contributed by atoms with Crippen LogP contribution in [0, 0.1) is 0 Å². The van der Waals surface area contributed by atoms with Crippen LogP contribution in [0.1, 0.15) is 13.8 Å². The molecule has 70 heavy (non-hydrogen) atoms. The van der Waals surface area contributed by atoms with E-state index in [1.807, 2.05) is 13.8 Å². The molecule has 0 N–H and O–H groups in total. The molecule has 0 aliphatic heterocycles. The molecule has 0 spiro atoms. The molecule has 0 unspecified atom stereocenters. The van der Waals surface area contributed by atoms with Crippen LogP contribution in [0.2, 0.25) is 0 Å². The summed E-state index contributed by atoms with van der Waals surface area (Å²) in [7, 11) is 0. The molecule has 0 atom stereocenters. The van der Waals surface area contributed by atoms with E-state index in [-0.39, 0.29) is 0 Å². The van der Waals surface area contributed by atoms with Crippen molar-refractivity contribution in [3.63, 3.8) is 0 Å². The van der Waals surface area contributed by atoms with Gasteiger partial charge in [0.2, 0.25) is 0 Å². The van der Waals surface area contributed by atoms with E-state index in [1.165, 1.54) is 99.3 Å². The molecule has 2 heteroatoms. The fourth-order valence-electron chi connectivity index (χ4n) is 10.7. The largest absolute Gasteiger partial charge is 0.309 e. The van der Waals surface area contributed by atoms with E-state index in [9.17, 15) is 0 Å². The number of aromatic nitrogens is 2. The maximum absolute atomic E-state index is 2.53. The Morgan fingerprint density at radius 3 is 1.11 bits per heavy atom. The fourth-order valence-corrected chi connectivity index (χ4v) is 10.7. The van der Waals surface area contributed by atoms with E-state index < -0.39 is 0 Å². The van der Waals surface area contributed by atoms with Crippen molar-refractivity contribution in [1.29, 1.82) is 0 Å². The first kappa shape index (κ1) is 42.4. The predicted molar refractivity (Wildman–Crippen MR) is 299 cm³/mol. The maximum Gasteiger partial charge on any atom is 0.0625 e. The number of rotatable bonds is 8. The second-order valence-electron chi connectivity index (χ2n) is 17.6. The number of hydrogen-bond acceptors (Lipinski definition) is 0. The van der Waals surface area contributed by atoms with Crippen molar-refractivity contribution in [1.82, 2.24) is 9.13 Å². The standard InChI is InChI=1S/C66H44N2.C2H6/c1-7-20-45(21-8-1)46-34-37-53(38-35-46)67-61-43-36-51(44-60(61)63-55(48-24-11-3-12-25-48)40-41-57(65(63)67)49-26-13-4-14-27-49)56-32-19-33-59-62-54(47-22-9-2-10-23-47)39-42-58(50-28-15-5-16-29-50)66(62)68(64(56)59)52-30-17-6-18-31-52;1-2/h1-44H;1-2H3. The summed E-state index contributed by atoms with van der Waals surface area (Å²) in [6.45, 7) is 4.00. The lowest BCUT2D eigenvalue weighted by molar-refractivity contribution is 1.18. The van der Waals surface area contributed by atoms with Gasteiger partial charge in [-0.15, -0.1) is 0 Å². The molecule has 0 amide bonds. The van der Waals surface area contributed by atoms with Crippen molar-refractivity contribution in [2.75, 3.05) is 0 Å². The quantitative estimate of drug-likeness (QED) is 0.144. The molecule has 0 aliphatic carbocycles. The first-order valence-electron chi connectivity index (χ1n) is 24.4. The number of fused-ring (bicyclic) bond motifs is 6. The van der Waals surface area contributed by atoms with Gasteiger partial charge in [0.05, 0.1) is 22.1 Å². The predicted octanol–water partition coefficient (Wildman–Crippen LogP) is 18.9. The zero-order valence-corrected chi connectivity index (χ0v) is 39.3. The van der Waals surface area contributed by atoms with Crippen LogP contribution in [-0.4, -0.2) is 9.13 Å². The van der Waals surface area contributed by atoms with Gasteiger partial charge in [-0.2, -0.15) is 0 Å². The Bertz CT molecular complexity index is 3950. The Morgan fingerprint density at radius 1 is 0.229 bits per heavy atom. The molecule has 2 nitrogen and oxygen atoms in total. The zero-order valence-electron chi connectivity index (χ0n) is 39.3. The van der Waals surface area contributed by atoms with Crippen LogP contribution >= 0.6 is 0 Å². The van der Waals surface area contributed by atoms with E-state index in [4.69, 9.17) is 0 Å². The van der Waals surface area contributed by atoms with Gasteiger partial charge in [0.25, 0.3) is 0 Å². The molecule has 332 valence electrons. The van der Waals surface area contributed by atoms with E-state index in [0.29, 0.717) is 0 Å². The highest BCUT2D eigenvalue weighted by molar-refractivity contribution is 6.24. The third-order valence-electron chi connectivity index (χ3n) is 13.7. The summed E-state index contributed by atoms with van der Waals surface area (Å²) in [5.41, 5.74) is 21.3. The summed E-state index contributed by atoms with van der Waals surface area (Å²) >= 11 is 0. The van der Waals surface area contributed by atoms with Crippen LogP contribution in [0.25, 0.3) is 122 Å². The van der Waals surface area contributed by atoms with Gasteiger partial charge < -0.3 is 9.13 Å². The SMILES string of the molecule is CC.c1ccc(-c2ccc(-n3c4ccc(-c5cccc6c7c(-c8ccccc8)ccc(-c8ccccc8)c7n(-c7ccccc7)c56)cc4c4c(-c5ccccc5)ccc(-c5ccccc5)c43)cc2)cc1. The van der Waals surface area contributed by atoms with Crippen molar-refractivity contribution >= 4 is 43.6 Å². The normalized spacial score (nSPS) is 11.3. The molecule has 11 aromatic carbocycles. The molecule has 2 heterocycles. The highest BCUT2D eigenvalue weighted by atomic mass is 15.0. The highest BCUT2D eigenvalue weighted by Crippen LogP contribution is 2.48. The highest BCUT2D eigenvalue weighted by Gasteiger charge is 2.25. The minimum atomic E-state index is 1.12. The number of hydrogen-bond donors (Lipinski definition) is 0. The Balaban J connectivity index is 0.00000249. The van der Waals surface area contributed by atoms with Crippen LogP contribution in [0.3, 0.4) is 0 Å². The molecule has 0 fully saturated rings. The number of benzene rings is 11. The van der Waals surface area contributed by atoms with Crippen molar-refractivity contribution in [3.05, 3.63) is 267 Å². The molecule has 0 bridgehead atoms. The summed E-state index contributed by atoms with van der Waals surface area (Å²) in [6.07, 6.45) is 0. The smallest absolute Gasteiger partial charge is 0.0625 e. The van der Waals surface area contributed by atoms with Gasteiger partial charge in [-0.25, -0.2) is 0 Å². The second kappa shape index (κ2) is 18.3. The van der Waals surface area contributed by atoms with E-state index in [1.54, 1.807) is 0 Å². The first-order chi connectivity index (χ1) is 34.8. The van der Waals surface area contributed by atoms with Crippen molar-refractivity contribution < 1.29 is 0 Å². The molecular weight excluding hydrogens is 845 g/mol.